The van der Waals surface area contributed by atoms with Gasteiger partial charge >= 0.3 is 0 Å². The fraction of sp³-hybridized carbons (Fsp3) is 0.0769. The lowest BCUT2D eigenvalue weighted by molar-refractivity contribution is 0.0956. The van der Waals surface area contributed by atoms with Crippen molar-refractivity contribution in [1.29, 1.82) is 5.26 Å². The number of nitriles is 1. The maximum atomic E-state index is 13.1. The third-order valence-corrected chi connectivity index (χ3v) is 5.57. The number of halogens is 1. The Bertz CT molecular complexity index is 1420. The summed E-state index contributed by atoms with van der Waals surface area (Å²) in [6.07, 6.45) is 1.47. The Morgan fingerprint density at radius 1 is 1.15 bits per heavy atom. The van der Waals surface area contributed by atoms with Gasteiger partial charge in [0, 0.05) is 20.1 Å². The fourth-order valence-corrected chi connectivity index (χ4v) is 4.05. The summed E-state index contributed by atoms with van der Waals surface area (Å²) in [4.78, 5) is 17.8. The van der Waals surface area contributed by atoms with E-state index in [0.717, 1.165) is 14.5 Å². The predicted molar refractivity (Wildman–Crippen MR) is 139 cm³/mol. The number of pyridine rings is 1. The van der Waals surface area contributed by atoms with Crippen molar-refractivity contribution in [2.75, 3.05) is 13.7 Å². The number of hydrogen-bond donors (Lipinski definition) is 1. The number of hydrazone groups is 1. The first-order chi connectivity index (χ1) is 16.6. The Hall–Kier alpha value is -3.97. The summed E-state index contributed by atoms with van der Waals surface area (Å²) in [6, 6.07) is 24.5. The molecule has 0 atom stereocenters. The van der Waals surface area contributed by atoms with Crippen LogP contribution in [0.5, 0.6) is 11.5 Å². The van der Waals surface area contributed by atoms with Gasteiger partial charge in [-0.2, -0.15) is 10.4 Å². The smallest absolute Gasteiger partial charge is 0.272 e. The molecule has 4 rings (SSSR count). The lowest BCUT2D eigenvalue weighted by Crippen LogP contribution is -2.18. The third kappa shape index (κ3) is 5.15. The van der Waals surface area contributed by atoms with Gasteiger partial charge in [0.2, 0.25) is 0 Å². The number of ether oxygens (including phenoxy) is 2. The van der Waals surface area contributed by atoms with E-state index in [0.29, 0.717) is 33.8 Å². The number of carbonyl (C=O) groups excluding carboxylic acids is 1. The van der Waals surface area contributed by atoms with Gasteiger partial charge in [0.1, 0.15) is 6.07 Å². The highest BCUT2D eigenvalue weighted by atomic mass is 127. The van der Waals surface area contributed by atoms with E-state index < -0.39 is 0 Å². The zero-order valence-corrected chi connectivity index (χ0v) is 20.3. The highest BCUT2D eigenvalue weighted by molar-refractivity contribution is 14.1. The Kier molecular flexibility index (Phi) is 7.34. The van der Waals surface area contributed by atoms with Gasteiger partial charge in [0.15, 0.2) is 18.1 Å². The Morgan fingerprint density at radius 2 is 1.91 bits per heavy atom. The molecule has 1 aromatic heterocycles. The van der Waals surface area contributed by atoms with Crippen LogP contribution in [0.15, 0.2) is 77.9 Å². The number of nitrogens with zero attached hydrogens (tertiary/aromatic N) is 3. The van der Waals surface area contributed by atoms with Gasteiger partial charge < -0.3 is 9.47 Å². The lowest BCUT2D eigenvalue weighted by atomic mass is 10.0. The molecule has 3 aromatic carbocycles. The predicted octanol–water partition coefficient (Wildman–Crippen LogP) is 5.18. The number of hydrogen-bond acceptors (Lipinski definition) is 6. The van der Waals surface area contributed by atoms with Crippen LogP contribution >= 0.6 is 22.6 Å². The Labute approximate surface area is 210 Å². The molecule has 8 heteroatoms. The normalized spacial score (nSPS) is 10.7. The maximum Gasteiger partial charge on any atom is 0.272 e. The molecule has 1 heterocycles. The average Bonchev–Trinajstić information content (AvgIpc) is 2.87. The number of amides is 1. The molecule has 1 amide bonds. The van der Waals surface area contributed by atoms with Crippen molar-refractivity contribution in [2.45, 2.75) is 0 Å². The van der Waals surface area contributed by atoms with E-state index in [4.69, 9.17) is 19.7 Å². The van der Waals surface area contributed by atoms with E-state index >= 15 is 0 Å². The van der Waals surface area contributed by atoms with E-state index in [1.54, 1.807) is 12.1 Å². The number of fused-ring (bicyclic) bond motifs is 1. The van der Waals surface area contributed by atoms with Gasteiger partial charge in [-0.1, -0.05) is 48.5 Å². The van der Waals surface area contributed by atoms with Crippen LogP contribution in [0, 0.1) is 14.9 Å². The first-order valence-electron chi connectivity index (χ1n) is 10.3. The maximum absolute atomic E-state index is 13.1. The second-order valence-corrected chi connectivity index (χ2v) is 8.36. The van der Waals surface area contributed by atoms with E-state index in [1.165, 1.54) is 13.3 Å². The molecule has 0 radical (unpaired) electrons. The number of methoxy groups -OCH3 is 1. The highest BCUT2D eigenvalue weighted by Gasteiger charge is 2.15. The molecule has 0 spiro atoms. The van der Waals surface area contributed by atoms with Crippen LogP contribution in [-0.4, -0.2) is 30.8 Å². The highest BCUT2D eigenvalue weighted by Crippen LogP contribution is 2.32. The lowest BCUT2D eigenvalue weighted by Gasteiger charge is -2.12. The second kappa shape index (κ2) is 10.8. The van der Waals surface area contributed by atoms with Gasteiger partial charge in [-0.15, -0.1) is 0 Å². The van der Waals surface area contributed by atoms with Crippen molar-refractivity contribution in [2.24, 2.45) is 5.10 Å². The molecule has 1 N–H and O–H groups in total. The number of rotatable bonds is 7. The van der Waals surface area contributed by atoms with Crippen LogP contribution in [0.1, 0.15) is 15.9 Å². The zero-order chi connectivity index (χ0) is 23.9. The molecular formula is C26H19IN4O3. The fourth-order valence-electron chi connectivity index (χ4n) is 3.44. The summed E-state index contributed by atoms with van der Waals surface area (Å²) in [5, 5.41) is 13.8. The molecule has 0 saturated carbocycles. The third-order valence-electron chi connectivity index (χ3n) is 4.95. The monoisotopic (exact) mass is 562 g/mol. The van der Waals surface area contributed by atoms with Crippen LogP contribution in [0.2, 0.25) is 0 Å². The Morgan fingerprint density at radius 3 is 2.68 bits per heavy atom. The van der Waals surface area contributed by atoms with Gasteiger partial charge in [-0.05, 0) is 46.9 Å². The van der Waals surface area contributed by atoms with Gasteiger partial charge in [-0.3, -0.25) is 4.79 Å². The minimum atomic E-state index is -0.371. The Balaban J connectivity index is 1.66. The number of para-hydroxylation sites is 1. The summed E-state index contributed by atoms with van der Waals surface area (Å²) in [6.45, 7) is -0.143. The average molecular weight is 562 g/mol. The molecule has 0 fully saturated rings. The molecule has 168 valence electrons. The second-order valence-electron chi connectivity index (χ2n) is 7.11. The molecular weight excluding hydrogens is 543 g/mol. The standard InChI is InChI=1S/C26H19IN4O3/c1-33-24-14-19(27)13-18(25(24)34-12-11-28)16-29-31-26(32)21-15-23(17-7-3-2-4-8-17)30-22-10-6-5-9-20(21)22/h2-10,13-16H,12H2,1H3,(H,31,32)/b29-16-. The summed E-state index contributed by atoms with van der Waals surface area (Å²) >= 11 is 2.15. The van der Waals surface area contributed by atoms with Crippen LogP contribution < -0.4 is 14.9 Å². The summed E-state index contributed by atoms with van der Waals surface area (Å²) in [5.41, 5.74) is 5.96. The van der Waals surface area contributed by atoms with Crippen molar-refractivity contribution < 1.29 is 14.3 Å². The van der Waals surface area contributed by atoms with Gasteiger partial charge in [-0.25, -0.2) is 10.4 Å². The van der Waals surface area contributed by atoms with Crippen LogP contribution in [0.4, 0.5) is 0 Å². The molecule has 0 aliphatic carbocycles. The van der Waals surface area contributed by atoms with E-state index in [9.17, 15) is 4.79 Å². The van der Waals surface area contributed by atoms with Crippen molar-refractivity contribution >= 4 is 45.6 Å². The number of carbonyl (C=O) groups is 1. The summed E-state index contributed by atoms with van der Waals surface area (Å²) < 4.78 is 11.8. The minimum Gasteiger partial charge on any atom is -0.493 e. The molecule has 0 unspecified atom stereocenters. The van der Waals surface area contributed by atoms with Gasteiger partial charge in [0.25, 0.3) is 5.91 Å². The summed E-state index contributed by atoms with van der Waals surface area (Å²) in [7, 11) is 1.52. The number of nitrogens with one attached hydrogen (secondary N) is 1. The molecule has 0 saturated heterocycles. The van der Waals surface area contributed by atoms with E-state index in [1.807, 2.05) is 66.7 Å². The molecule has 0 aliphatic rings. The zero-order valence-electron chi connectivity index (χ0n) is 18.2. The SMILES string of the molecule is COc1cc(I)cc(/C=N\NC(=O)c2cc(-c3ccccc3)nc3ccccc23)c1OCC#N. The first-order valence-corrected chi connectivity index (χ1v) is 11.3. The molecule has 0 aliphatic heterocycles. The van der Waals surface area contributed by atoms with Crippen LogP contribution in [0.25, 0.3) is 22.2 Å². The quantitative estimate of drug-likeness (QED) is 0.190. The molecule has 0 bridgehead atoms. The topological polar surface area (TPSA) is 96.6 Å². The van der Waals surface area contributed by atoms with Crippen LogP contribution in [-0.2, 0) is 0 Å². The van der Waals surface area contributed by atoms with E-state index in [2.05, 4.69) is 33.1 Å². The first kappa shape index (κ1) is 23.2. The molecule has 4 aromatic rings. The van der Waals surface area contributed by atoms with E-state index in [-0.39, 0.29) is 12.5 Å². The largest absolute Gasteiger partial charge is 0.493 e. The molecule has 7 nitrogen and oxygen atoms in total. The van der Waals surface area contributed by atoms with Crippen molar-refractivity contribution in [3.8, 4) is 28.8 Å². The summed E-state index contributed by atoms with van der Waals surface area (Å²) in [5.74, 6) is 0.481. The number of benzene rings is 3. The van der Waals surface area contributed by atoms with Crippen molar-refractivity contribution in [1.82, 2.24) is 10.4 Å². The minimum absolute atomic E-state index is 0.143. The number of aromatic nitrogens is 1. The van der Waals surface area contributed by atoms with Crippen molar-refractivity contribution in [3.05, 3.63) is 87.5 Å². The molecule has 34 heavy (non-hydrogen) atoms. The van der Waals surface area contributed by atoms with Gasteiger partial charge in [0.05, 0.1) is 30.1 Å². The van der Waals surface area contributed by atoms with Crippen LogP contribution in [0.3, 0.4) is 0 Å². The van der Waals surface area contributed by atoms with Crippen molar-refractivity contribution in [3.63, 3.8) is 0 Å².